The largest absolute Gasteiger partial charge is 0.376 e. The molecule has 0 saturated carbocycles. The first-order valence-corrected chi connectivity index (χ1v) is 4.77. The van der Waals surface area contributed by atoms with Gasteiger partial charge in [0.1, 0.15) is 0 Å². The average molecular weight is 166 g/mol. The van der Waals surface area contributed by atoms with E-state index in [-0.39, 0.29) is 0 Å². The van der Waals surface area contributed by atoms with Crippen LogP contribution in [0.4, 0.5) is 0 Å². The summed E-state index contributed by atoms with van der Waals surface area (Å²) in [5.41, 5.74) is 1.43. The van der Waals surface area contributed by atoms with Crippen LogP contribution in [0.1, 0.15) is 26.2 Å². The zero-order valence-corrected chi connectivity index (χ0v) is 7.88. The Labute approximate surface area is 75.1 Å². The third kappa shape index (κ3) is 2.49. The smallest absolute Gasteiger partial charge is 0.0683 e. The number of hydrogen-bond acceptors (Lipinski definition) is 1. The number of allylic oxidation sites excluding steroid dienone is 1. The molecule has 0 unspecified atom stereocenters. The molecule has 0 bridgehead atoms. The summed E-state index contributed by atoms with van der Waals surface area (Å²) in [5, 5.41) is 0. The molecule has 1 aliphatic heterocycles. The third-order valence-electron chi connectivity index (χ3n) is 2.29. The lowest BCUT2D eigenvalue weighted by atomic mass is 10.0. The van der Waals surface area contributed by atoms with Crippen molar-refractivity contribution in [1.29, 1.82) is 0 Å². The molecule has 0 aromatic heterocycles. The first-order valence-electron chi connectivity index (χ1n) is 4.77. The lowest BCUT2D eigenvalue weighted by Gasteiger charge is -2.02. The van der Waals surface area contributed by atoms with Crippen molar-refractivity contribution in [3.8, 4) is 0 Å². The molecule has 1 aliphatic rings. The molecule has 0 aromatic rings. The quantitative estimate of drug-likeness (QED) is 0.461. The Morgan fingerprint density at radius 1 is 1.67 bits per heavy atom. The summed E-state index contributed by atoms with van der Waals surface area (Å²) in [5.74, 6) is 0.488. The Bertz CT molecular complexity index is 170. The summed E-state index contributed by atoms with van der Waals surface area (Å²) in [4.78, 5) is 0. The fourth-order valence-corrected chi connectivity index (χ4v) is 1.44. The molecule has 68 valence electrons. The first kappa shape index (κ1) is 9.53. The monoisotopic (exact) mass is 166 g/mol. The van der Waals surface area contributed by atoms with E-state index in [0.29, 0.717) is 5.92 Å². The van der Waals surface area contributed by atoms with E-state index >= 15 is 0 Å². The highest BCUT2D eigenvalue weighted by Crippen LogP contribution is 2.21. The van der Waals surface area contributed by atoms with Crippen LogP contribution in [0.3, 0.4) is 0 Å². The summed E-state index contributed by atoms with van der Waals surface area (Å²) in [6.45, 7) is 7.67. The van der Waals surface area contributed by atoms with E-state index in [4.69, 9.17) is 4.74 Å². The minimum Gasteiger partial charge on any atom is -0.376 e. The van der Waals surface area contributed by atoms with Crippen molar-refractivity contribution in [3.63, 3.8) is 0 Å². The van der Waals surface area contributed by atoms with Crippen LogP contribution in [0.2, 0.25) is 0 Å². The van der Waals surface area contributed by atoms with E-state index < -0.39 is 0 Å². The second kappa shape index (κ2) is 5.15. The van der Waals surface area contributed by atoms with Crippen molar-refractivity contribution < 1.29 is 4.74 Å². The molecule has 0 N–H and O–H groups in total. The maximum absolute atomic E-state index is 5.35. The van der Waals surface area contributed by atoms with Crippen molar-refractivity contribution >= 4 is 0 Å². The topological polar surface area (TPSA) is 9.23 Å². The summed E-state index contributed by atoms with van der Waals surface area (Å²) >= 11 is 0. The molecule has 1 atom stereocenters. The van der Waals surface area contributed by atoms with Crippen LogP contribution in [-0.2, 0) is 4.74 Å². The van der Waals surface area contributed by atoms with Gasteiger partial charge in [-0.3, -0.25) is 0 Å². The Hall–Kier alpha value is -0.560. The minimum absolute atomic E-state index is 0.488. The zero-order chi connectivity index (χ0) is 8.81. The summed E-state index contributed by atoms with van der Waals surface area (Å²) in [6, 6.07) is 0. The molecule has 1 heteroatoms. The molecule has 0 radical (unpaired) electrons. The van der Waals surface area contributed by atoms with Gasteiger partial charge in [0.2, 0.25) is 0 Å². The van der Waals surface area contributed by atoms with Gasteiger partial charge in [-0.25, -0.2) is 0 Å². The van der Waals surface area contributed by atoms with E-state index in [2.05, 4.69) is 19.6 Å². The molecule has 0 amide bonds. The van der Waals surface area contributed by atoms with E-state index in [9.17, 15) is 0 Å². The Morgan fingerprint density at radius 3 is 3.17 bits per heavy atom. The van der Waals surface area contributed by atoms with Crippen LogP contribution in [0.5, 0.6) is 0 Å². The fourth-order valence-electron chi connectivity index (χ4n) is 1.44. The van der Waals surface area contributed by atoms with Crippen molar-refractivity contribution in [2.45, 2.75) is 26.2 Å². The SMILES string of the molecule is C=C[C@H]1COC/C1=C\CCCC. The van der Waals surface area contributed by atoms with Crippen molar-refractivity contribution in [3.05, 3.63) is 24.3 Å². The maximum atomic E-state index is 5.35. The summed E-state index contributed by atoms with van der Waals surface area (Å²) in [7, 11) is 0. The normalized spacial score (nSPS) is 26.4. The van der Waals surface area contributed by atoms with E-state index in [1.54, 1.807) is 0 Å². The van der Waals surface area contributed by atoms with Crippen LogP contribution in [0.15, 0.2) is 24.3 Å². The van der Waals surface area contributed by atoms with Gasteiger partial charge in [-0.2, -0.15) is 0 Å². The lowest BCUT2D eigenvalue weighted by molar-refractivity contribution is 0.195. The number of ether oxygens (including phenoxy) is 1. The molecule has 1 heterocycles. The van der Waals surface area contributed by atoms with Crippen LogP contribution in [0, 0.1) is 5.92 Å². The van der Waals surface area contributed by atoms with Crippen LogP contribution in [-0.4, -0.2) is 13.2 Å². The van der Waals surface area contributed by atoms with Gasteiger partial charge in [-0.1, -0.05) is 31.9 Å². The Kier molecular flexibility index (Phi) is 4.09. The van der Waals surface area contributed by atoms with E-state index in [1.165, 1.54) is 24.8 Å². The van der Waals surface area contributed by atoms with Crippen LogP contribution >= 0.6 is 0 Å². The van der Waals surface area contributed by atoms with Crippen molar-refractivity contribution in [2.75, 3.05) is 13.2 Å². The van der Waals surface area contributed by atoms with Crippen molar-refractivity contribution in [1.82, 2.24) is 0 Å². The molecular weight excluding hydrogens is 148 g/mol. The first-order chi connectivity index (χ1) is 5.88. The van der Waals surface area contributed by atoms with Gasteiger partial charge in [0, 0.05) is 5.92 Å². The van der Waals surface area contributed by atoms with Crippen LogP contribution < -0.4 is 0 Å². The Morgan fingerprint density at radius 2 is 2.50 bits per heavy atom. The highest BCUT2D eigenvalue weighted by atomic mass is 16.5. The van der Waals surface area contributed by atoms with E-state index in [0.717, 1.165) is 13.2 Å². The van der Waals surface area contributed by atoms with Gasteiger partial charge in [-0.05, 0) is 12.0 Å². The molecular formula is C11H18O. The number of rotatable bonds is 4. The zero-order valence-electron chi connectivity index (χ0n) is 7.88. The highest BCUT2D eigenvalue weighted by molar-refractivity contribution is 5.15. The van der Waals surface area contributed by atoms with Gasteiger partial charge in [0.25, 0.3) is 0 Å². The summed E-state index contributed by atoms with van der Waals surface area (Å²) in [6.07, 6.45) is 8.06. The van der Waals surface area contributed by atoms with Crippen LogP contribution in [0.25, 0.3) is 0 Å². The highest BCUT2D eigenvalue weighted by Gasteiger charge is 2.17. The fraction of sp³-hybridized carbons (Fsp3) is 0.636. The van der Waals surface area contributed by atoms with Gasteiger partial charge in [0.05, 0.1) is 13.2 Å². The molecule has 1 nitrogen and oxygen atoms in total. The predicted molar refractivity (Wildman–Crippen MR) is 52.1 cm³/mol. The van der Waals surface area contributed by atoms with E-state index in [1.807, 2.05) is 6.08 Å². The van der Waals surface area contributed by atoms with Gasteiger partial charge < -0.3 is 4.74 Å². The Balaban J connectivity index is 2.38. The minimum atomic E-state index is 0.488. The van der Waals surface area contributed by atoms with Gasteiger partial charge in [0.15, 0.2) is 0 Å². The predicted octanol–water partition coefficient (Wildman–Crippen LogP) is 2.94. The molecule has 1 saturated heterocycles. The number of unbranched alkanes of at least 4 members (excludes halogenated alkanes) is 2. The summed E-state index contributed by atoms with van der Waals surface area (Å²) < 4.78 is 5.35. The second-order valence-electron chi connectivity index (χ2n) is 3.28. The molecule has 0 aliphatic carbocycles. The number of hydrogen-bond donors (Lipinski definition) is 0. The van der Waals surface area contributed by atoms with Crippen molar-refractivity contribution in [2.24, 2.45) is 5.92 Å². The molecule has 1 rings (SSSR count). The van der Waals surface area contributed by atoms with Gasteiger partial charge >= 0.3 is 0 Å². The molecule has 1 fully saturated rings. The second-order valence-corrected chi connectivity index (χ2v) is 3.28. The average Bonchev–Trinajstić information content (AvgIpc) is 2.52. The molecule has 0 aromatic carbocycles. The third-order valence-corrected chi connectivity index (χ3v) is 2.29. The van der Waals surface area contributed by atoms with Gasteiger partial charge in [-0.15, -0.1) is 6.58 Å². The molecule has 0 spiro atoms. The molecule has 12 heavy (non-hydrogen) atoms. The standard InChI is InChI=1S/C11H18O/c1-3-5-6-7-11-9-12-8-10(11)4-2/h4,7,10H,2-3,5-6,8-9H2,1H3/b11-7+/t10-/m0/s1. The lowest BCUT2D eigenvalue weighted by Crippen LogP contribution is -1.96. The maximum Gasteiger partial charge on any atom is 0.0683 e.